The third-order valence-electron chi connectivity index (χ3n) is 6.24. The molecule has 0 saturated carbocycles. The van der Waals surface area contributed by atoms with Crippen molar-refractivity contribution in [2.24, 2.45) is 0 Å². The number of hydrogen-bond acceptors (Lipinski definition) is 4. The number of nitrogens with one attached hydrogen (secondary N) is 1. The molecule has 0 bridgehead atoms. The van der Waals surface area contributed by atoms with Crippen molar-refractivity contribution in [2.45, 2.75) is 58.2 Å². The molecule has 29 heavy (non-hydrogen) atoms. The van der Waals surface area contributed by atoms with Gasteiger partial charge in [-0.15, -0.1) is 0 Å². The third-order valence-corrected chi connectivity index (χ3v) is 6.24. The molecule has 1 aromatic carbocycles. The monoisotopic (exact) mass is 404 g/mol. The first-order chi connectivity index (χ1) is 13.8. The summed E-state index contributed by atoms with van der Waals surface area (Å²) >= 11 is 0. The maximum Gasteiger partial charge on any atom is 0.240 e. The van der Waals surface area contributed by atoms with Crippen LogP contribution in [-0.4, -0.2) is 77.4 Å². The lowest BCUT2D eigenvalue weighted by Crippen LogP contribution is -2.58. The van der Waals surface area contributed by atoms with Gasteiger partial charge in [0.15, 0.2) is 0 Å². The van der Waals surface area contributed by atoms with Gasteiger partial charge < -0.3 is 10.2 Å². The third kappa shape index (κ3) is 5.54. The Labute approximate surface area is 173 Å². The zero-order valence-corrected chi connectivity index (χ0v) is 17.7. The van der Waals surface area contributed by atoms with Crippen molar-refractivity contribution in [2.75, 3.05) is 38.0 Å². The van der Waals surface area contributed by atoms with Crippen LogP contribution in [0.15, 0.2) is 24.3 Å². The fraction of sp³-hybridized carbons (Fsp3) is 0.636. The largest absolute Gasteiger partial charge is 0.336 e. The molecule has 2 fully saturated rings. The molecule has 3 rings (SSSR count). The Balaban J connectivity index is 1.47. The van der Waals surface area contributed by atoms with Gasteiger partial charge >= 0.3 is 0 Å². The number of rotatable bonds is 5. The van der Waals surface area contributed by atoms with Gasteiger partial charge in [0.1, 0.15) is 5.82 Å². The summed E-state index contributed by atoms with van der Waals surface area (Å²) in [5, 5.41) is 2.74. The van der Waals surface area contributed by atoms with Crippen molar-refractivity contribution in [1.82, 2.24) is 14.7 Å². The molecule has 2 saturated heterocycles. The van der Waals surface area contributed by atoms with Crippen LogP contribution in [0.25, 0.3) is 0 Å². The minimum atomic E-state index is -0.368. The maximum atomic E-state index is 13.2. The highest BCUT2D eigenvalue weighted by atomic mass is 19.1. The first-order valence-electron chi connectivity index (χ1n) is 10.7. The van der Waals surface area contributed by atoms with E-state index >= 15 is 0 Å². The van der Waals surface area contributed by atoms with E-state index in [-0.39, 0.29) is 30.2 Å². The molecular weight excluding hydrogens is 371 g/mol. The summed E-state index contributed by atoms with van der Waals surface area (Å²) in [5.74, 6) is -0.293. The Hall–Kier alpha value is -1.99. The average Bonchev–Trinajstić information content (AvgIpc) is 2.67. The molecule has 0 unspecified atom stereocenters. The Morgan fingerprint density at radius 1 is 1.14 bits per heavy atom. The van der Waals surface area contributed by atoms with Gasteiger partial charge in [-0.05, 0) is 58.2 Å². The van der Waals surface area contributed by atoms with Gasteiger partial charge in [-0.2, -0.15) is 0 Å². The van der Waals surface area contributed by atoms with Crippen LogP contribution < -0.4 is 5.32 Å². The fourth-order valence-corrected chi connectivity index (χ4v) is 4.51. The first-order valence-corrected chi connectivity index (χ1v) is 10.7. The lowest BCUT2D eigenvalue weighted by atomic mass is 9.96. The Bertz CT molecular complexity index is 711. The van der Waals surface area contributed by atoms with Gasteiger partial charge in [-0.1, -0.05) is 6.07 Å². The van der Waals surface area contributed by atoms with Crippen LogP contribution in [0.5, 0.6) is 0 Å². The number of nitrogens with zero attached hydrogens (tertiary/aromatic N) is 3. The Morgan fingerprint density at radius 2 is 1.79 bits per heavy atom. The van der Waals surface area contributed by atoms with Crippen molar-refractivity contribution in [3.05, 3.63) is 30.1 Å². The second-order valence-electron chi connectivity index (χ2n) is 8.42. The van der Waals surface area contributed by atoms with E-state index in [1.807, 2.05) is 6.92 Å². The second-order valence-corrected chi connectivity index (χ2v) is 8.42. The number of halogens is 1. The summed E-state index contributed by atoms with van der Waals surface area (Å²) in [6.07, 6.45) is 3.35. The van der Waals surface area contributed by atoms with Gasteiger partial charge in [0.05, 0.1) is 12.6 Å². The molecule has 3 atom stereocenters. The summed E-state index contributed by atoms with van der Waals surface area (Å²) in [6, 6.07) is 6.39. The van der Waals surface area contributed by atoms with E-state index in [0.717, 1.165) is 39.0 Å². The number of anilines is 1. The van der Waals surface area contributed by atoms with Crippen molar-refractivity contribution < 1.29 is 14.0 Å². The number of carbonyl (C=O) groups excluding carboxylic acids is 2. The van der Waals surface area contributed by atoms with Crippen LogP contribution in [0.4, 0.5) is 10.1 Å². The minimum Gasteiger partial charge on any atom is -0.336 e. The van der Waals surface area contributed by atoms with E-state index in [1.165, 1.54) is 18.6 Å². The quantitative estimate of drug-likeness (QED) is 0.820. The predicted octanol–water partition coefficient (Wildman–Crippen LogP) is 2.56. The molecule has 160 valence electrons. The lowest BCUT2D eigenvalue weighted by molar-refractivity contribution is -0.143. The number of piperazine rings is 1. The van der Waals surface area contributed by atoms with E-state index in [2.05, 4.69) is 33.9 Å². The van der Waals surface area contributed by atoms with Gasteiger partial charge in [0, 0.05) is 44.0 Å². The predicted molar refractivity (Wildman–Crippen MR) is 112 cm³/mol. The lowest BCUT2D eigenvalue weighted by Gasteiger charge is -2.44. The molecule has 2 amide bonds. The molecule has 0 spiro atoms. The van der Waals surface area contributed by atoms with E-state index in [0.29, 0.717) is 17.8 Å². The van der Waals surface area contributed by atoms with E-state index in [9.17, 15) is 14.0 Å². The summed E-state index contributed by atoms with van der Waals surface area (Å²) in [6.45, 7) is 9.56. The van der Waals surface area contributed by atoms with Crippen LogP contribution in [-0.2, 0) is 9.59 Å². The van der Waals surface area contributed by atoms with Gasteiger partial charge in [-0.25, -0.2) is 4.39 Å². The molecule has 2 aliphatic heterocycles. The van der Waals surface area contributed by atoms with Crippen LogP contribution in [0.3, 0.4) is 0 Å². The van der Waals surface area contributed by atoms with Crippen LogP contribution in [0.2, 0.25) is 0 Å². The van der Waals surface area contributed by atoms with Crippen LogP contribution in [0.1, 0.15) is 40.0 Å². The zero-order valence-electron chi connectivity index (χ0n) is 17.7. The molecule has 2 aliphatic rings. The topological polar surface area (TPSA) is 55.9 Å². The van der Waals surface area contributed by atoms with Crippen molar-refractivity contribution in [3.8, 4) is 0 Å². The Kier molecular flexibility index (Phi) is 7.24. The fourth-order valence-electron chi connectivity index (χ4n) is 4.51. The van der Waals surface area contributed by atoms with Crippen molar-refractivity contribution in [3.63, 3.8) is 0 Å². The van der Waals surface area contributed by atoms with E-state index in [1.54, 1.807) is 12.1 Å². The molecule has 7 heteroatoms. The first kappa shape index (κ1) is 21.7. The standard InChI is InChI=1S/C22H33FN4O2/c1-16-6-4-7-17(2)27(16)22(29)18(3)26-12-10-25(11-13-26)15-21(28)24-20-9-5-8-19(23)14-20/h5,8-9,14,16-18H,4,6-7,10-13,15H2,1-3H3,(H,24,28)/t16-,17-,18+/m0/s1. The number of carbonyl (C=O) groups is 2. The molecular formula is C22H33FN4O2. The average molecular weight is 405 g/mol. The molecule has 1 aromatic rings. The van der Waals surface area contributed by atoms with Crippen molar-refractivity contribution >= 4 is 17.5 Å². The molecule has 6 nitrogen and oxygen atoms in total. The SMILES string of the molecule is C[C@H](C(=O)N1[C@@H](C)CCC[C@@H]1C)N1CCN(CC(=O)Nc2cccc(F)c2)CC1. The molecule has 0 radical (unpaired) electrons. The summed E-state index contributed by atoms with van der Waals surface area (Å²) in [7, 11) is 0. The molecule has 2 heterocycles. The summed E-state index contributed by atoms with van der Waals surface area (Å²) < 4.78 is 13.2. The minimum absolute atomic E-state index is 0.138. The highest BCUT2D eigenvalue weighted by Gasteiger charge is 2.35. The smallest absolute Gasteiger partial charge is 0.240 e. The summed E-state index contributed by atoms with van der Waals surface area (Å²) in [5.41, 5.74) is 0.470. The number of benzene rings is 1. The van der Waals surface area contributed by atoms with Gasteiger partial charge in [0.2, 0.25) is 11.8 Å². The number of piperidine rings is 1. The van der Waals surface area contributed by atoms with Crippen LogP contribution in [0, 0.1) is 5.82 Å². The normalized spacial score (nSPS) is 24.9. The number of hydrogen-bond donors (Lipinski definition) is 1. The van der Waals surface area contributed by atoms with E-state index < -0.39 is 0 Å². The second kappa shape index (κ2) is 9.67. The molecule has 0 aliphatic carbocycles. The van der Waals surface area contributed by atoms with Crippen LogP contribution >= 0.6 is 0 Å². The summed E-state index contributed by atoms with van der Waals surface area (Å²) in [4.78, 5) is 31.7. The number of likely N-dealkylation sites (tertiary alicyclic amines) is 1. The van der Waals surface area contributed by atoms with Gasteiger partial charge in [0.25, 0.3) is 0 Å². The highest BCUT2D eigenvalue weighted by Crippen LogP contribution is 2.24. The van der Waals surface area contributed by atoms with E-state index in [4.69, 9.17) is 0 Å². The molecule has 0 aromatic heterocycles. The zero-order chi connectivity index (χ0) is 21.0. The molecule has 1 N–H and O–H groups in total. The van der Waals surface area contributed by atoms with Gasteiger partial charge in [-0.3, -0.25) is 19.4 Å². The maximum absolute atomic E-state index is 13.2. The van der Waals surface area contributed by atoms with Crippen molar-refractivity contribution in [1.29, 1.82) is 0 Å². The highest BCUT2D eigenvalue weighted by molar-refractivity contribution is 5.92. The number of amides is 2. The Morgan fingerprint density at radius 3 is 2.41 bits per heavy atom.